The number of thiol groups is 1. The summed E-state index contributed by atoms with van der Waals surface area (Å²) < 4.78 is 12.2. The highest BCUT2D eigenvalue weighted by Gasteiger charge is 2.57. The van der Waals surface area contributed by atoms with E-state index in [0.717, 1.165) is 25.7 Å². The van der Waals surface area contributed by atoms with Crippen LogP contribution in [0.1, 0.15) is 39.0 Å². The third-order valence-electron chi connectivity index (χ3n) is 4.93. The van der Waals surface area contributed by atoms with Gasteiger partial charge in [-0.1, -0.05) is 19.8 Å². The maximum Gasteiger partial charge on any atom is 0.326 e. The lowest BCUT2D eigenvalue weighted by atomic mass is 9.95. The summed E-state index contributed by atoms with van der Waals surface area (Å²) in [7, 11) is 0. The number of amides is 1. The van der Waals surface area contributed by atoms with Crippen LogP contribution in [0.25, 0.3) is 0 Å². The SMILES string of the molecule is CC(CS)C(=O)N1CC2(CC1C(=O)O)OC1CCCCC1O2. The monoisotopic (exact) mass is 329 g/mol. The summed E-state index contributed by atoms with van der Waals surface area (Å²) in [5, 5.41) is 9.47. The van der Waals surface area contributed by atoms with E-state index in [1.54, 1.807) is 6.92 Å². The zero-order chi connectivity index (χ0) is 15.9. The number of carboxylic acid groups (broad SMARTS) is 1. The number of likely N-dealkylation sites (tertiary alicyclic amines) is 1. The van der Waals surface area contributed by atoms with E-state index >= 15 is 0 Å². The first-order valence-electron chi connectivity index (χ1n) is 7.95. The first kappa shape index (κ1) is 16.1. The third kappa shape index (κ3) is 2.74. The molecule has 22 heavy (non-hydrogen) atoms. The van der Waals surface area contributed by atoms with Gasteiger partial charge in [-0.2, -0.15) is 12.6 Å². The summed E-state index contributed by atoms with van der Waals surface area (Å²) in [5.41, 5.74) is 0. The Morgan fingerprint density at radius 3 is 2.41 bits per heavy atom. The van der Waals surface area contributed by atoms with Gasteiger partial charge in [0.25, 0.3) is 0 Å². The molecule has 3 rings (SSSR count). The molecule has 3 fully saturated rings. The van der Waals surface area contributed by atoms with Gasteiger partial charge in [-0.3, -0.25) is 4.79 Å². The molecule has 4 atom stereocenters. The highest BCUT2D eigenvalue weighted by atomic mass is 32.1. The molecule has 1 N–H and O–H groups in total. The van der Waals surface area contributed by atoms with E-state index in [4.69, 9.17) is 9.47 Å². The topological polar surface area (TPSA) is 76.1 Å². The molecule has 4 unspecified atom stereocenters. The predicted molar refractivity (Wildman–Crippen MR) is 81.7 cm³/mol. The van der Waals surface area contributed by atoms with Crippen molar-refractivity contribution in [3.8, 4) is 0 Å². The molecule has 0 bridgehead atoms. The van der Waals surface area contributed by atoms with E-state index in [1.807, 2.05) is 0 Å². The number of ether oxygens (including phenoxy) is 2. The normalized spacial score (nSPS) is 39.0. The molecule has 1 amide bonds. The number of aliphatic carboxylic acids is 1. The van der Waals surface area contributed by atoms with Crippen molar-refractivity contribution in [1.29, 1.82) is 0 Å². The Morgan fingerprint density at radius 1 is 1.32 bits per heavy atom. The molecular weight excluding hydrogens is 306 g/mol. The highest BCUT2D eigenvalue weighted by molar-refractivity contribution is 7.80. The number of carbonyl (C=O) groups excluding carboxylic acids is 1. The number of carbonyl (C=O) groups is 2. The fraction of sp³-hybridized carbons (Fsp3) is 0.867. The Kier molecular flexibility index (Phi) is 4.40. The van der Waals surface area contributed by atoms with Gasteiger partial charge in [-0.15, -0.1) is 0 Å². The van der Waals surface area contributed by atoms with Gasteiger partial charge in [-0.05, 0) is 12.8 Å². The third-order valence-corrected chi connectivity index (χ3v) is 5.48. The van der Waals surface area contributed by atoms with Crippen molar-refractivity contribution in [2.45, 2.75) is 63.1 Å². The van der Waals surface area contributed by atoms with Crippen LogP contribution in [0.5, 0.6) is 0 Å². The first-order chi connectivity index (χ1) is 10.5. The lowest BCUT2D eigenvalue weighted by molar-refractivity contribution is -0.168. The van der Waals surface area contributed by atoms with Crippen molar-refractivity contribution in [1.82, 2.24) is 4.90 Å². The second-order valence-electron chi connectivity index (χ2n) is 6.62. The van der Waals surface area contributed by atoms with Crippen LogP contribution in [0.3, 0.4) is 0 Å². The molecule has 2 aliphatic heterocycles. The van der Waals surface area contributed by atoms with Crippen LogP contribution in [0.15, 0.2) is 0 Å². The van der Waals surface area contributed by atoms with Gasteiger partial charge in [0.1, 0.15) is 6.04 Å². The number of carboxylic acids is 1. The van der Waals surface area contributed by atoms with E-state index in [9.17, 15) is 14.7 Å². The van der Waals surface area contributed by atoms with Gasteiger partial charge >= 0.3 is 5.97 Å². The van der Waals surface area contributed by atoms with Crippen LogP contribution >= 0.6 is 12.6 Å². The average Bonchev–Trinajstić information content (AvgIpc) is 3.05. The molecule has 1 saturated carbocycles. The van der Waals surface area contributed by atoms with E-state index in [0.29, 0.717) is 5.75 Å². The van der Waals surface area contributed by atoms with Gasteiger partial charge in [0.2, 0.25) is 5.91 Å². The van der Waals surface area contributed by atoms with Crippen LogP contribution in [0, 0.1) is 5.92 Å². The minimum atomic E-state index is -1.00. The summed E-state index contributed by atoms with van der Waals surface area (Å²) >= 11 is 4.14. The fourth-order valence-corrected chi connectivity index (χ4v) is 3.89. The van der Waals surface area contributed by atoms with Crippen molar-refractivity contribution in [3.63, 3.8) is 0 Å². The number of nitrogens with zero attached hydrogens (tertiary/aromatic N) is 1. The van der Waals surface area contributed by atoms with Crippen LogP contribution in [-0.4, -0.2) is 58.2 Å². The zero-order valence-electron chi connectivity index (χ0n) is 12.7. The minimum absolute atomic E-state index is 0.0422. The molecule has 2 heterocycles. The molecule has 1 spiro atoms. The van der Waals surface area contributed by atoms with E-state index in [2.05, 4.69) is 12.6 Å². The largest absolute Gasteiger partial charge is 0.480 e. The summed E-state index contributed by atoms with van der Waals surface area (Å²) in [5.74, 6) is -2.06. The van der Waals surface area contributed by atoms with Crippen molar-refractivity contribution in [2.24, 2.45) is 5.92 Å². The van der Waals surface area contributed by atoms with Crippen molar-refractivity contribution in [3.05, 3.63) is 0 Å². The van der Waals surface area contributed by atoms with Crippen molar-refractivity contribution in [2.75, 3.05) is 12.3 Å². The second-order valence-corrected chi connectivity index (χ2v) is 6.98. The van der Waals surface area contributed by atoms with Crippen LogP contribution in [0.4, 0.5) is 0 Å². The minimum Gasteiger partial charge on any atom is -0.480 e. The molecule has 3 aliphatic rings. The fourth-order valence-electron chi connectivity index (χ4n) is 3.74. The first-order valence-corrected chi connectivity index (χ1v) is 8.59. The van der Waals surface area contributed by atoms with E-state index in [-0.39, 0.29) is 37.0 Å². The Balaban J connectivity index is 1.78. The number of fused-ring (bicyclic) bond motifs is 1. The number of hydrogen-bond donors (Lipinski definition) is 2. The van der Waals surface area contributed by atoms with Gasteiger partial charge in [0.15, 0.2) is 5.79 Å². The smallest absolute Gasteiger partial charge is 0.326 e. The highest BCUT2D eigenvalue weighted by Crippen LogP contribution is 2.44. The lowest BCUT2D eigenvalue weighted by Crippen LogP contribution is -2.44. The number of hydrogen-bond acceptors (Lipinski definition) is 5. The number of rotatable bonds is 3. The Hall–Kier alpha value is -0.790. The van der Waals surface area contributed by atoms with E-state index < -0.39 is 17.8 Å². The van der Waals surface area contributed by atoms with Gasteiger partial charge in [0, 0.05) is 18.1 Å². The van der Waals surface area contributed by atoms with E-state index in [1.165, 1.54) is 4.90 Å². The second kappa shape index (κ2) is 6.02. The van der Waals surface area contributed by atoms with Crippen molar-refractivity contribution < 1.29 is 24.2 Å². The molecule has 0 aromatic carbocycles. The molecule has 0 aromatic rings. The summed E-state index contributed by atoms with van der Waals surface area (Å²) in [6, 6.07) is -0.880. The van der Waals surface area contributed by atoms with Gasteiger partial charge in [-0.25, -0.2) is 4.79 Å². The van der Waals surface area contributed by atoms with Crippen LogP contribution in [-0.2, 0) is 19.1 Å². The molecule has 124 valence electrons. The average molecular weight is 329 g/mol. The maximum atomic E-state index is 12.4. The van der Waals surface area contributed by atoms with Gasteiger partial charge in [0.05, 0.1) is 18.8 Å². The van der Waals surface area contributed by atoms with Crippen LogP contribution < -0.4 is 0 Å². The zero-order valence-corrected chi connectivity index (χ0v) is 13.6. The quantitative estimate of drug-likeness (QED) is 0.763. The molecular formula is C15H23NO5S. The molecule has 2 saturated heterocycles. The summed E-state index contributed by atoms with van der Waals surface area (Å²) in [6.07, 6.45) is 4.42. The van der Waals surface area contributed by atoms with Crippen molar-refractivity contribution >= 4 is 24.5 Å². The summed E-state index contributed by atoms with van der Waals surface area (Å²) in [6.45, 7) is 1.96. The molecule has 6 nitrogen and oxygen atoms in total. The van der Waals surface area contributed by atoms with Gasteiger partial charge < -0.3 is 19.5 Å². The Labute approximate surface area is 135 Å². The summed E-state index contributed by atoms with van der Waals surface area (Å²) in [4.78, 5) is 25.4. The molecule has 0 aromatic heterocycles. The molecule has 0 radical (unpaired) electrons. The Morgan fingerprint density at radius 2 is 1.91 bits per heavy atom. The Bertz CT molecular complexity index is 457. The lowest BCUT2D eigenvalue weighted by Gasteiger charge is -2.25. The molecule has 7 heteroatoms. The van der Waals surface area contributed by atoms with Crippen LogP contribution in [0.2, 0.25) is 0 Å². The standard InChI is InChI=1S/C15H23NO5S/c1-9(7-22)13(17)16-8-15(6-10(16)14(18)19)20-11-4-2-3-5-12(11)21-15/h9-12,22H,2-8H2,1H3,(H,18,19). The molecule has 1 aliphatic carbocycles. The predicted octanol–water partition coefficient (Wildman–Crippen LogP) is 1.29. The maximum absolute atomic E-state index is 12.4.